The molecule has 1 aromatic carbocycles. The van der Waals surface area contributed by atoms with Crippen LogP contribution in [0.3, 0.4) is 0 Å². The van der Waals surface area contributed by atoms with Crippen LogP contribution < -0.4 is 0 Å². The lowest BCUT2D eigenvalue weighted by Crippen LogP contribution is -1.95. The molecule has 2 rings (SSSR count). The number of furan rings is 1. The lowest BCUT2D eigenvalue weighted by atomic mass is 10.1. The summed E-state index contributed by atoms with van der Waals surface area (Å²) in [5, 5.41) is 1.95. The number of Topliss-reactive ketones (excluding diaryl/α,β-unsaturated/α-hetero) is 1. The van der Waals surface area contributed by atoms with Crippen LogP contribution in [-0.4, -0.2) is 5.78 Å². The number of carbonyl (C=O) groups excluding carboxylic acids is 1. The summed E-state index contributed by atoms with van der Waals surface area (Å²) in [4.78, 5) is 10.9. The highest BCUT2D eigenvalue weighted by atomic mass is 16.3. The number of fused-ring (bicyclic) bond motifs is 1. The molecule has 1 radical (unpaired) electrons. The van der Waals surface area contributed by atoms with E-state index >= 15 is 0 Å². The molecule has 1 aromatic heterocycles. The summed E-state index contributed by atoms with van der Waals surface area (Å²) in [5.74, 6) is 0.173. The zero-order chi connectivity index (χ0) is 9.26. The van der Waals surface area contributed by atoms with Crippen molar-refractivity contribution >= 4 is 16.6 Å². The number of carbonyl (C=O) groups is 1. The van der Waals surface area contributed by atoms with E-state index in [-0.39, 0.29) is 5.78 Å². The van der Waals surface area contributed by atoms with E-state index in [1.54, 1.807) is 13.2 Å². The van der Waals surface area contributed by atoms with Gasteiger partial charge in [-0.05, 0) is 18.6 Å². The normalized spacial score (nSPS) is 10.5. The fourth-order valence-electron chi connectivity index (χ4n) is 1.36. The summed E-state index contributed by atoms with van der Waals surface area (Å²) in [7, 11) is 0. The molecule has 65 valence electrons. The van der Waals surface area contributed by atoms with Gasteiger partial charge in [0.2, 0.25) is 0 Å². The summed E-state index contributed by atoms with van der Waals surface area (Å²) in [5.41, 5.74) is 1.02. The average molecular weight is 173 g/mol. The van der Waals surface area contributed by atoms with Gasteiger partial charge in [0.05, 0.1) is 6.26 Å². The molecule has 1 heterocycles. The lowest BCUT2D eigenvalue weighted by Gasteiger charge is -1.96. The van der Waals surface area contributed by atoms with Crippen molar-refractivity contribution in [1.29, 1.82) is 0 Å². The number of benzene rings is 1. The van der Waals surface area contributed by atoms with Crippen molar-refractivity contribution < 1.29 is 9.21 Å². The molecule has 0 fully saturated rings. The predicted octanol–water partition coefficient (Wildman–Crippen LogP) is 2.36. The van der Waals surface area contributed by atoms with Gasteiger partial charge in [-0.15, -0.1) is 0 Å². The second-order valence-corrected chi connectivity index (χ2v) is 3.14. The molecule has 13 heavy (non-hydrogen) atoms. The van der Waals surface area contributed by atoms with Crippen LogP contribution in [0.25, 0.3) is 10.8 Å². The molecule has 0 aliphatic rings. The van der Waals surface area contributed by atoms with E-state index in [9.17, 15) is 4.79 Å². The van der Waals surface area contributed by atoms with E-state index in [0.717, 1.165) is 16.3 Å². The molecule has 0 saturated heterocycles. The first-order chi connectivity index (χ1) is 6.25. The van der Waals surface area contributed by atoms with Crippen molar-refractivity contribution in [3.05, 3.63) is 36.3 Å². The van der Waals surface area contributed by atoms with Crippen molar-refractivity contribution in [3.8, 4) is 0 Å². The molecular weight excluding hydrogens is 164 g/mol. The average Bonchev–Trinajstić information content (AvgIpc) is 2.49. The minimum atomic E-state index is 0.173. The summed E-state index contributed by atoms with van der Waals surface area (Å²) in [6.45, 7) is 1.59. The van der Waals surface area contributed by atoms with Crippen LogP contribution >= 0.6 is 0 Å². The fraction of sp³-hybridized carbons (Fsp3) is 0.182. The first-order valence-corrected chi connectivity index (χ1v) is 4.13. The van der Waals surface area contributed by atoms with Gasteiger partial charge in [-0.2, -0.15) is 0 Å². The maximum atomic E-state index is 10.9. The van der Waals surface area contributed by atoms with E-state index in [1.807, 2.05) is 18.2 Å². The first-order valence-electron chi connectivity index (χ1n) is 4.13. The van der Waals surface area contributed by atoms with E-state index in [4.69, 9.17) is 4.42 Å². The highest BCUT2D eigenvalue weighted by molar-refractivity contribution is 5.84. The Hall–Kier alpha value is -1.57. The van der Waals surface area contributed by atoms with Crippen molar-refractivity contribution in [2.75, 3.05) is 0 Å². The van der Waals surface area contributed by atoms with Crippen LogP contribution in [0.15, 0.2) is 28.9 Å². The molecule has 2 aromatic rings. The Balaban J connectivity index is 2.42. The molecule has 0 amide bonds. The third-order valence-electron chi connectivity index (χ3n) is 1.92. The monoisotopic (exact) mass is 173 g/mol. The van der Waals surface area contributed by atoms with Gasteiger partial charge in [-0.25, -0.2) is 0 Å². The van der Waals surface area contributed by atoms with Gasteiger partial charge < -0.3 is 4.42 Å². The third-order valence-corrected chi connectivity index (χ3v) is 1.92. The van der Waals surface area contributed by atoms with Crippen LogP contribution in [0.5, 0.6) is 0 Å². The number of hydrogen-bond donors (Lipinski definition) is 0. The van der Waals surface area contributed by atoms with E-state index in [1.165, 1.54) is 0 Å². The van der Waals surface area contributed by atoms with Crippen molar-refractivity contribution in [3.63, 3.8) is 0 Å². The van der Waals surface area contributed by atoms with E-state index < -0.39 is 0 Å². The fourth-order valence-corrected chi connectivity index (χ4v) is 1.36. The Morgan fingerprint density at radius 1 is 1.54 bits per heavy atom. The smallest absolute Gasteiger partial charge is 0.177 e. The molecule has 0 bridgehead atoms. The maximum absolute atomic E-state index is 10.9. The lowest BCUT2D eigenvalue weighted by molar-refractivity contribution is -0.116. The highest BCUT2D eigenvalue weighted by Crippen LogP contribution is 2.16. The molecule has 0 N–H and O–H groups in total. The zero-order valence-corrected chi connectivity index (χ0v) is 7.33. The SMILES string of the molecule is CC(=O)Cc1ccc2[c]occ2c1. The van der Waals surface area contributed by atoms with Gasteiger partial charge in [0, 0.05) is 17.2 Å². The predicted molar refractivity (Wildman–Crippen MR) is 49.4 cm³/mol. The maximum Gasteiger partial charge on any atom is 0.177 e. The molecular formula is C11H9O2. The molecule has 2 heteroatoms. The van der Waals surface area contributed by atoms with Crippen LogP contribution in [0.1, 0.15) is 12.5 Å². The Morgan fingerprint density at radius 2 is 2.38 bits per heavy atom. The quantitative estimate of drug-likeness (QED) is 0.697. The molecule has 0 aliphatic carbocycles. The standard InChI is InChI=1S/C11H9O2/c1-8(12)4-9-2-3-10-6-13-7-11(10)5-9/h2-3,5,7H,4H2,1H3. The number of ketones is 1. The van der Waals surface area contributed by atoms with Gasteiger partial charge in [0.15, 0.2) is 6.26 Å². The van der Waals surface area contributed by atoms with Gasteiger partial charge in [0.1, 0.15) is 5.78 Å². The summed E-state index contributed by atoms with van der Waals surface area (Å²) >= 11 is 0. The van der Waals surface area contributed by atoms with Crippen molar-refractivity contribution in [2.24, 2.45) is 0 Å². The Labute approximate surface area is 76.2 Å². The van der Waals surface area contributed by atoms with Crippen molar-refractivity contribution in [1.82, 2.24) is 0 Å². The topological polar surface area (TPSA) is 30.2 Å². The summed E-state index contributed by atoms with van der Waals surface area (Å²) in [6.07, 6.45) is 4.87. The van der Waals surface area contributed by atoms with Crippen LogP contribution in [0.2, 0.25) is 0 Å². The minimum Gasteiger partial charge on any atom is -0.460 e. The molecule has 2 nitrogen and oxygen atoms in total. The third kappa shape index (κ3) is 1.61. The molecule has 0 spiro atoms. The van der Waals surface area contributed by atoms with Crippen LogP contribution in [0, 0.1) is 6.26 Å². The second-order valence-electron chi connectivity index (χ2n) is 3.14. The minimum absolute atomic E-state index is 0.173. The van der Waals surface area contributed by atoms with E-state index in [2.05, 4.69) is 6.26 Å². The highest BCUT2D eigenvalue weighted by Gasteiger charge is 2.00. The van der Waals surface area contributed by atoms with E-state index in [0.29, 0.717) is 6.42 Å². The van der Waals surface area contributed by atoms with Gasteiger partial charge in [-0.1, -0.05) is 12.1 Å². The second kappa shape index (κ2) is 3.05. The van der Waals surface area contributed by atoms with Gasteiger partial charge in [0.25, 0.3) is 0 Å². The molecule has 0 atom stereocenters. The van der Waals surface area contributed by atoms with Crippen molar-refractivity contribution in [2.45, 2.75) is 13.3 Å². The molecule has 0 unspecified atom stereocenters. The Bertz CT molecular complexity index is 440. The van der Waals surface area contributed by atoms with Crippen LogP contribution in [0.4, 0.5) is 0 Å². The first kappa shape index (κ1) is 8.05. The Morgan fingerprint density at radius 3 is 3.15 bits per heavy atom. The Kier molecular flexibility index (Phi) is 1.89. The molecule has 0 aliphatic heterocycles. The van der Waals surface area contributed by atoms with Gasteiger partial charge >= 0.3 is 0 Å². The largest absolute Gasteiger partial charge is 0.460 e. The number of rotatable bonds is 2. The molecule has 0 saturated carbocycles. The number of hydrogen-bond acceptors (Lipinski definition) is 2. The van der Waals surface area contributed by atoms with Gasteiger partial charge in [-0.3, -0.25) is 4.79 Å². The summed E-state index contributed by atoms with van der Waals surface area (Å²) in [6, 6.07) is 5.80. The van der Waals surface area contributed by atoms with Crippen LogP contribution in [-0.2, 0) is 11.2 Å². The zero-order valence-electron chi connectivity index (χ0n) is 7.33. The summed E-state index contributed by atoms with van der Waals surface area (Å²) < 4.78 is 4.91.